The van der Waals surface area contributed by atoms with Crippen LogP contribution in [0.15, 0.2) is 27.5 Å². The van der Waals surface area contributed by atoms with E-state index >= 15 is 0 Å². The van der Waals surface area contributed by atoms with Crippen LogP contribution in [0, 0.1) is 0 Å². The molecular formula is C13H12BrN3O3. The van der Waals surface area contributed by atoms with Crippen molar-refractivity contribution < 1.29 is 9.59 Å². The number of halogens is 1. The highest BCUT2D eigenvalue weighted by molar-refractivity contribution is 9.10. The molecule has 2 heterocycles. The first kappa shape index (κ1) is 13.1. The van der Waals surface area contributed by atoms with Crippen molar-refractivity contribution in [1.29, 1.82) is 0 Å². The molecule has 1 saturated heterocycles. The average Bonchev–Trinajstić information content (AvgIpc) is 2.64. The number of aromatic nitrogens is 2. The molecule has 3 rings (SSSR count). The van der Waals surface area contributed by atoms with E-state index in [9.17, 15) is 14.4 Å². The second kappa shape index (κ2) is 4.59. The molecule has 1 fully saturated rings. The highest BCUT2D eigenvalue weighted by atomic mass is 79.9. The summed E-state index contributed by atoms with van der Waals surface area (Å²) in [6.07, 6.45) is 0.587. The van der Waals surface area contributed by atoms with Gasteiger partial charge in [0.1, 0.15) is 6.04 Å². The van der Waals surface area contributed by atoms with Gasteiger partial charge in [-0.3, -0.25) is 24.0 Å². The van der Waals surface area contributed by atoms with Crippen LogP contribution in [0.4, 0.5) is 0 Å². The normalized spacial score (nSPS) is 19.4. The van der Waals surface area contributed by atoms with Crippen molar-refractivity contribution in [3.8, 4) is 0 Å². The third kappa shape index (κ3) is 1.81. The molecule has 2 amide bonds. The molecular weight excluding hydrogens is 326 g/mol. The van der Waals surface area contributed by atoms with Crippen LogP contribution in [0.3, 0.4) is 0 Å². The Morgan fingerprint density at radius 3 is 2.75 bits per heavy atom. The number of para-hydroxylation sites is 1. The van der Waals surface area contributed by atoms with Crippen molar-refractivity contribution in [1.82, 2.24) is 14.5 Å². The zero-order chi connectivity index (χ0) is 14.4. The maximum Gasteiger partial charge on any atom is 0.329 e. The van der Waals surface area contributed by atoms with Gasteiger partial charge in [0.15, 0.2) is 0 Å². The number of imide groups is 1. The van der Waals surface area contributed by atoms with E-state index in [1.807, 2.05) is 12.1 Å². The molecule has 0 bridgehead atoms. The van der Waals surface area contributed by atoms with E-state index in [4.69, 9.17) is 0 Å². The number of hydrogen-bond donors (Lipinski definition) is 1. The third-order valence-electron chi connectivity index (χ3n) is 3.58. The number of amides is 2. The number of fused-ring (bicyclic) bond motifs is 1. The van der Waals surface area contributed by atoms with Crippen LogP contribution in [0.25, 0.3) is 11.0 Å². The van der Waals surface area contributed by atoms with Crippen molar-refractivity contribution in [2.24, 2.45) is 7.05 Å². The predicted molar refractivity (Wildman–Crippen MR) is 76.3 cm³/mol. The number of nitrogens with one attached hydrogen (secondary N) is 1. The highest BCUT2D eigenvalue weighted by Crippen LogP contribution is 2.27. The Balaban J connectivity index is 2.25. The molecule has 0 radical (unpaired) electrons. The van der Waals surface area contributed by atoms with Crippen LogP contribution in [0.2, 0.25) is 0 Å². The fourth-order valence-electron chi connectivity index (χ4n) is 2.62. The number of carbonyl (C=O) groups excluding carboxylic acids is 2. The molecule has 0 spiro atoms. The summed E-state index contributed by atoms with van der Waals surface area (Å²) in [4.78, 5) is 35.6. The minimum absolute atomic E-state index is 0.243. The van der Waals surface area contributed by atoms with Crippen molar-refractivity contribution >= 4 is 38.8 Å². The summed E-state index contributed by atoms with van der Waals surface area (Å²) in [6.45, 7) is 0. The standard InChI is InChI=1S/C13H12BrN3O3/c1-16-11-7(14)3-2-4-8(11)17(13(16)20)9-5-6-10(18)15-12(9)19/h2-4,9H,5-6H2,1H3,(H,15,18,19)/t9-/m1/s1. The SMILES string of the molecule is Cn1c(=O)n([C@@H]2CCC(=O)NC2=O)c2cccc(Br)c21. The molecule has 6 nitrogen and oxygen atoms in total. The second-order valence-electron chi connectivity index (χ2n) is 4.79. The topological polar surface area (TPSA) is 73.1 Å². The minimum atomic E-state index is -0.641. The Hall–Kier alpha value is -1.89. The van der Waals surface area contributed by atoms with Gasteiger partial charge < -0.3 is 0 Å². The molecule has 1 aromatic carbocycles. The van der Waals surface area contributed by atoms with Crippen molar-refractivity contribution in [2.45, 2.75) is 18.9 Å². The van der Waals surface area contributed by atoms with Gasteiger partial charge in [0, 0.05) is 17.9 Å². The van der Waals surface area contributed by atoms with Gasteiger partial charge in [0.2, 0.25) is 11.8 Å². The number of benzene rings is 1. The summed E-state index contributed by atoms with van der Waals surface area (Å²) in [5, 5.41) is 2.29. The number of aryl methyl sites for hydroxylation is 1. The van der Waals surface area contributed by atoms with E-state index in [2.05, 4.69) is 21.2 Å². The summed E-state index contributed by atoms with van der Waals surface area (Å²) < 4.78 is 3.76. The molecule has 0 unspecified atom stereocenters. The Morgan fingerprint density at radius 1 is 1.30 bits per heavy atom. The van der Waals surface area contributed by atoms with Gasteiger partial charge >= 0.3 is 5.69 Å². The number of carbonyl (C=O) groups is 2. The van der Waals surface area contributed by atoms with Crippen LogP contribution in [-0.2, 0) is 16.6 Å². The lowest BCUT2D eigenvalue weighted by atomic mass is 10.1. The van der Waals surface area contributed by atoms with Gasteiger partial charge in [0.05, 0.1) is 11.0 Å². The van der Waals surface area contributed by atoms with E-state index in [0.717, 1.165) is 9.99 Å². The first-order chi connectivity index (χ1) is 9.50. The summed E-state index contributed by atoms with van der Waals surface area (Å²) in [5.41, 5.74) is 1.16. The summed E-state index contributed by atoms with van der Waals surface area (Å²) in [7, 11) is 1.66. The molecule has 0 aliphatic carbocycles. The molecule has 7 heteroatoms. The van der Waals surface area contributed by atoms with Crippen molar-refractivity contribution in [3.63, 3.8) is 0 Å². The third-order valence-corrected chi connectivity index (χ3v) is 4.22. The Bertz CT molecular complexity index is 790. The molecule has 1 aliphatic rings. The number of piperidine rings is 1. The Labute approximate surface area is 122 Å². The van der Waals surface area contributed by atoms with Gasteiger partial charge in [-0.15, -0.1) is 0 Å². The maximum absolute atomic E-state index is 12.4. The van der Waals surface area contributed by atoms with Gasteiger partial charge in [-0.25, -0.2) is 4.79 Å². The van der Waals surface area contributed by atoms with Gasteiger partial charge in [-0.1, -0.05) is 6.07 Å². The number of hydrogen-bond acceptors (Lipinski definition) is 3. The van der Waals surface area contributed by atoms with Crippen LogP contribution in [0.5, 0.6) is 0 Å². The quantitative estimate of drug-likeness (QED) is 0.791. The predicted octanol–water partition coefficient (Wildman–Crippen LogP) is 1.08. The fourth-order valence-corrected chi connectivity index (χ4v) is 3.24. The van der Waals surface area contributed by atoms with Gasteiger partial charge in [-0.05, 0) is 34.5 Å². The number of rotatable bonds is 1. The monoisotopic (exact) mass is 337 g/mol. The molecule has 1 aliphatic heterocycles. The van der Waals surface area contributed by atoms with E-state index in [1.54, 1.807) is 13.1 Å². The summed E-state index contributed by atoms with van der Waals surface area (Å²) in [5.74, 6) is -0.712. The van der Waals surface area contributed by atoms with Crippen molar-refractivity contribution in [2.75, 3.05) is 0 Å². The molecule has 1 atom stereocenters. The highest BCUT2D eigenvalue weighted by Gasteiger charge is 2.31. The lowest BCUT2D eigenvalue weighted by Crippen LogP contribution is -2.44. The molecule has 1 N–H and O–H groups in total. The first-order valence-electron chi connectivity index (χ1n) is 6.20. The second-order valence-corrected chi connectivity index (χ2v) is 5.64. The van der Waals surface area contributed by atoms with Gasteiger partial charge in [-0.2, -0.15) is 0 Å². The Kier molecular flexibility index (Phi) is 3.01. The van der Waals surface area contributed by atoms with Gasteiger partial charge in [0.25, 0.3) is 0 Å². The summed E-state index contributed by atoms with van der Waals surface area (Å²) >= 11 is 3.42. The van der Waals surface area contributed by atoms with E-state index in [0.29, 0.717) is 11.9 Å². The average molecular weight is 338 g/mol. The van der Waals surface area contributed by atoms with E-state index in [1.165, 1.54) is 9.13 Å². The maximum atomic E-state index is 12.4. The first-order valence-corrected chi connectivity index (χ1v) is 6.99. The van der Waals surface area contributed by atoms with Crippen LogP contribution in [0.1, 0.15) is 18.9 Å². The largest absolute Gasteiger partial charge is 0.329 e. The smallest absolute Gasteiger partial charge is 0.295 e. The molecule has 2 aromatic rings. The zero-order valence-electron chi connectivity index (χ0n) is 10.7. The molecule has 20 heavy (non-hydrogen) atoms. The van der Waals surface area contributed by atoms with Crippen LogP contribution >= 0.6 is 15.9 Å². The molecule has 1 aromatic heterocycles. The van der Waals surface area contributed by atoms with Crippen molar-refractivity contribution in [3.05, 3.63) is 33.2 Å². The zero-order valence-corrected chi connectivity index (χ0v) is 12.3. The van der Waals surface area contributed by atoms with Crippen LogP contribution in [-0.4, -0.2) is 20.9 Å². The Morgan fingerprint density at radius 2 is 2.05 bits per heavy atom. The molecule has 104 valence electrons. The minimum Gasteiger partial charge on any atom is -0.295 e. The fraction of sp³-hybridized carbons (Fsp3) is 0.308. The van der Waals surface area contributed by atoms with E-state index < -0.39 is 11.9 Å². The van der Waals surface area contributed by atoms with Crippen LogP contribution < -0.4 is 11.0 Å². The lowest BCUT2D eigenvalue weighted by molar-refractivity contribution is -0.135. The van der Waals surface area contributed by atoms with E-state index in [-0.39, 0.29) is 18.0 Å². The molecule has 0 saturated carbocycles. The summed E-state index contributed by atoms with van der Waals surface area (Å²) in [6, 6.07) is 4.81. The number of imidazole rings is 1. The lowest BCUT2D eigenvalue weighted by Gasteiger charge is -2.21. The number of nitrogens with zero attached hydrogens (tertiary/aromatic N) is 2.